The molecule has 1 fully saturated rings. The highest BCUT2D eigenvalue weighted by molar-refractivity contribution is 6.30. The molecule has 128 valence electrons. The van der Waals surface area contributed by atoms with Gasteiger partial charge in [0.1, 0.15) is 6.54 Å². The first-order chi connectivity index (χ1) is 11.6. The van der Waals surface area contributed by atoms with E-state index in [0.29, 0.717) is 10.6 Å². The summed E-state index contributed by atoms with van der Waals surface area (Å²) in [7, 11) is 0. The van der Waals surface area contributed by atoms with Crippen LogP contribution in [0, 0.1) is 5.92 Å². The molecule has 2 aromatic rings. The van der Waals surface area contributed by atoms with Gasteiger partial charge in [0.15, 0.2) is 5.78 Å². The summed E-state index contributed by atoms with van der Waals surface area (Å²) >= 11 is 5.84. The van der Waals surface area contributed by atoms with Gasteiger partial charge >= 0.3 is 0 Å². The van der Waals surface area contributed by atoms with Gasteiger partial charge in [-0.3, -0.25) is 4.79 Å². The van der Waals surface area contributed by atoms with Crippen LogP contribution < -0.4 is 0 Å². The highest BCUT2D eigenvalue weighted by Crippen LogP contribution is 2.16. The number of carbonyl (C=O) groups excluding carboxylic acids is 1. The zero-order chi connectivity index (χ0) is 16.9. The lowest BCUT2D eigenvalue weighted by Crippen LogP contribution is -2.34. The molecule has 0 radical (unpaired) electrons. The fraction of sp³-hybridized carbons (Fsp3) is 0.500. The van der Waals surface area contributed by atoms with Crippen LogP contribution >= 0.6 is 11.6 Å². The van der Waals surface area contributed by atoms with Crippen LogP contribution in [0.2, 0.25) is 5.02 Å². The van der Waals surface area contributed by atoms with Gasteiger partial charge in [0.05, 0.1) is 5.69 Å². The topological polar surface area (TPSA) is 51.0 Å². The number of ketones is 1. The number of piperidine rings is 1. The lowest BCUT2D eigenvalue weighted by atomic mass is 9.99. The van der Waals surface area contributed by atoms with Crippen molar-refractivity contribution in [3.8, 4) is 0 Å². The molecule has 5 nitrogen and oxygen atoms in total. The zero-order valence-electron chi connectivity index (χ0n) is 14.0. The van der Waals surface area contributed by atoms with Crippen molar-refractivity contribution in [3.05, 3.63) is 46.7 Å². The predicted octanol–water partition coefficient (Wildman–Crippen LogP) is 3.09. The first-order valence-corrected chi connectivity index (χ1v) is 8.88. The molecule has 24 heavy (non-hydrogen) atoms. The monoisotopic (exact) mass is 346 g/mol. The second kappa shape index (κ2) is 7.90. The van der Waals surface area contributed by atoms with Crippen molar-refractivity contribution in [1.82, 2.24) is 19.9 Å². The molecular weight excluding hydrogens is 324 g/mol. The molecule has 1 aromatic carbocycles. The van der Waals surface area contributed by atoms with Gasteiger partial charge in [-0.25, -0.2) is 4.68 Å². The third kappa shape index (κ3) is 4.65. The van der Waals surface area contributed by atoms with Gasteiger partial charge in [0.25, 0.3) is 0 Å². The number of rotatable bonds is 6. The summed E-state index contributed by atoms with van der Waals surface area (Å²) in [5, 5.41) is 8.89. The number of hydrogen-bond acceptors (Lipinski definition) is 4. The fourth-order valence-corrected chi connectivity index (χ4v) is 3.09. The minimum atomic E-state index is 0.00753. The molecular formula is C18H23ClN4O. The van der Waals surface area contributed by atoms with Crippen LogP contribution in [0.15, 0.2) is 30.5 Å². The quantitative estimate of drug-likeness (QED) is 0.754. The van der Waals surface area contributed by atoms with Crippen molar-refractivity contribution in [2.24, 2.45) is 5.92 Å². The van der Waals surface area contributed by atoms with Gasteiger partial charge in [-0.2, -0.15) is 0 Å². The second-order valence-corrected chi connectivity index (χ2v) is 7.05. The maximum absolute atomic E-state index is 12.2. The van der Waals surface area contributed by atoms with Crippen LogP contribution in [0.1, 0.15) is 35.8 Å². The van der Waals surface area contributed by atoms with Gasteiger partial charge in [0, 0.05) is 29.7 Å². The molecule has 6 heteroatoms. The van der Waals surface area contributed by atoms with Crippen molar-refractivity contribution in [2.45, 2.75) is 32.7 Å². The predicted molar refractivity (Wildman–Crippen MR) is 94.3 cm³/mol. The molecule has 0 atom stereocenters. The number of Topliss-reactive ketones (excluding diaryl/α,β-unsaturated/α-hetero) is 1. The minimum absolute atomic E-state index is 0.00753. The molecule has 0 N–H and O–H groups in total. The van der Waals surface area contributed by atoms with E-state index in [4.69, 9.17) is 11.6 Å². The summed E-state index contributed by atoms with van der Waals surface area (Å²) in [6.45, 7) is 5.88. The summed E-state index contributed by atoms with van der Waals surface area (Å²) in [6.07, 6.45) is 5.31. The lowest BCUT2D eigenvalue weighted by Gasteiger charge is -2.29. The Bertz CT molecular complexity index is 675. The van der Waals surface area contributed by atoms with Crippen LogP contribution in [-0.4, -0.2) is 45.3 Å². The van der Waals surface area contributed by atoms with E-state index in [1.165, 1.54) is 25.9 Å². The van der Waals surface area contributed by atoms with Crippen LogP contribution in [-0.2, 0) is 13.0 Å². The van der Waals surface area contributed by atoms with Crippen molar-refractivity contribution in [2.75, 3.05) is 19.6 Å². The molecule has 1 aromatic heterocycles. The molecule has 0 saturated carbocycles. The maximum atomic E-state index is 12.2. The molecule has 3 rings (SSSR count). The van der Waals surface area contributed by atoms with E-state index in [1.54, 1.807) is 28.9 Å². The highest BCUT2D eigenvalue weighted by atomic mass is 35.5. The Labute approximate surface area is 147 Å². The average molecular weight is 347 g/mol. The van der Waals surface area contributed by atoms with E-state index < -0.39 is 0 Å². The van der Waals surface area contributed by atoms with Gasteiger partial charge in [-0.15, -0.1) is 5.10 Å². The Balaban J connectivity index is 1.50. The van der Waals surface area contributed by atoms with E-state index in [9.17, 15) is 4.79 Å². The molecule has 0 bridgehead atoms. The van der Waals surface area contributed by atoms with E-state index in [2.05, 4.69) is 22.1 Å². The molecule has 1 aliphatic heterocycles. The average Bonchev–Trinajstić information content (AvgIpc) is 3.02. The Morgan fingerprint density at radius 2 is 1.96 bits per heavy atom. The Hall–Kier alpha value is -1.72. The largest absolute Gasteiger partial charge is 0.303 e. The second-order valence-electron chi connectivity index (χ2n) is 6.61. The first kappa shape index (κ1) is 17.1. The molecule has 1 aliphatic rings. The standard InChI is InChI=1S/C18H23ClN4O/c1-14-6-9-22(10-7-14)11-8-17-12-23(21-20-17)13-18(24)15-2-4-16(19)5-3-15/h2-5,12,14H,6-11,13H2,1H3. The van der Waals surface area contributed by atoms with Crippen LogP contribution in [0.3, 0.4) is 0 Å². The van der Waals surface area contributed by atoms with Crippen molar-refractivity contribution in [1.29, 1.82) is 0 Å². The van der Waals surface area contributed by atoms with Crippen LogP contribution in [0.4, 0.5) is 0 Å². The summed E-state index contributed by atoms with van der Waals surface area (Å²) in [6, 6.07) is 6.92. The summed E-state index contributed by atoms with van der Waals surface area (Å²) in [5.41, 5.74) is 1.58. The van der Waals surface area contributed by atoms with Crippen molar-refractivity contribution >= 4 is 17.4 Å². The Morgan fingerprint density at radius 1 is 1.25 bits per heavy atom. The SMILES string of the molecule is CC1CCN(CCc2cn(CC(=O)c3ccc(Cl)cc3)nn2)CC1. The zero-order valence-corrected chi connectivity index (χ0v) is 14.7. The van der Waals surface area contributed by atoms with Crippen LogP contribution in [0.5, 0.6) is 0 Å². The van der Waals surface area contributed by atoms with Gasteiger partial charge in [-0.1, -0.05) is 23.7 Å². The third-order valence-electron chi connectivity index (χ3n) is 4.62. The lowest BCUT2D eigenvalue weighted by molar-refractivity contribution is 0.0967. The van der Waals surface area contributed by atoms with Gasteiger partial charge in [-0.05, 0) is 56.1 Å². The van der Waals surface area contributed by atoms with E-state index >= 15 is 0 Å². The van der Waals surface area contributed by atoms with Gasteiger partial charge in [0.2, 0.25) is 0 Å². The number of halogens is 1. The minimum Gasteiger partial charge on any atom is -0.303 e. The summed E-state index contributed by atoms with van der Waals surface area (Å²) in [4.78, 5) is 14.7. The fourth-order valence-electron chi connectivity index (χ4n) is 2.96. The number of likely N-dealkylation sites (tertiary alicyclic amines) is 1. The first-order valence-electron chi connectivity index (χ1n) is 8.50. The normalized spacial score (nSPS) is 16.4. The van der Waals surface area contributed by atoms with E-state index in [-0.39, 0.29) is 12.3 Å². The van der Waals surface area contributed by atoms with Crippen molar-refractivity contribution < 1.29 is 4.79 Å². The number of hydrogen-bond donors (Lipinski definition) is 0. The summed E-state index contributed by atoms with van der Waals surface area (Å²) in [5.74, 6) is 0.856. The van der Waals surface area contributed by atoms with E-state index in [0.717, 1.165) is 24.6 Å². The Morgan fingerprint density at radius 3 is 2.67 bits per heavy atom. The number of carbonyl (C=O) groups is 1. The van der Waals surface area contributed by atoms with E-state index in [1.807, 2.05) is 6.20 Å². The molecule has 0 aliphatic carbocycles. The van der Waals surface area contributed by atoms with Crippen molar-refractivity contribution in [3.63, 3.8) is 0 Å². The number of nitrogens with zero attached hydrogens (tertiary/aromatic N) is 4. The summed E-state index contributed by atoms with van der Waals surface area (Å²) < 4.78 is 1.62. The molecule has 0 amide bonds. The highest BCUT2D eigenvalue weighted by Gasteiger charge is 2.16. The van der Waals surface area contributed by atoms with Gasteiger partial charge < -0.3 is 4.90 Å². The van der Waals surface area contributed by atoms with Crippen LogP contribution in [0.25, 0.3) is 0 Å². The number of aromatic nitrogens is 3. The molecule has 1 saturated heterocycles. The molecule has 0 unspecified atom stereocenters. The third-order valence-corrected chi connectivity index (χ3v) is 4.87. The number of benzene rings is 1. The Kier molecular flexibility index (Phi) is 5.63. The maximum Gasteiger partial charge on any atom is 0.184 e. The smallest absolute Gasteiger partial charge is 0.184 e. The molecule has 2 heterocycles. The molecule has 0 spiro atoms.